The van der Waals surface area contributed by atoms with Gasteiger partial charge in [0.25, 0.3) is 0 Å². The van der Waals surface area contributed by atoms with Gasteiger partial charge in [0.2, 0.25) is 5.82 Å². The fourth-order valence-electron chi connectivity index (χ4n) is 4.59. The van der Waals surface area contributed by atoms with Crippen molar-refractivity contribution in [3.63, 3.8) is 0 Å². The predicted octanol–water partition coefficient (Wildman–Crippen LogP) is 5.17. The van der Waals surface area contributed by atoms with Gasteiger partial charge in [-0.1, -0.05) is 30.3 Å². The molecule has 5 aromatic rings. The van der Waals surface area contributed by atoms with E-state index in [1.165, 1.54) is 24.2 Å². The summed E-state index contributed by atoms with van der Waals surface area (Å²) in [5.74, 6) is 0.149. The number of H-pyrrole nitrogens is 1. The van der Waals surface area contributed by atoms with Crippen molar-refractivity contribution in [3.8, 4) is 11.6 Å². The average Bonchev–Trinajstić information content (AvgIpc) is 3.46. The molecule has 1 aliphatic rings. The Balaban J connectivity index is 1.39. The number of hydrogen-bond donors (Lipinski definition) is 1. The fraction of sp³-hybridized carbons (Fsp3) is 0.160. The number of nitrogens with one attached hydrogen (secondary N) is 1. The third-order valence-corrected chi connectivity index (χ3v) is 6.20. The van der Waals surface area contributed by atoms with Crippen LogP contribution in [0.5, 0.6) is 11.6 Å². The van der Waals surface area contributed by atoms with Crippen molar-refractivity contribution in [2.45, 2.75) is 19.9 Å². The van der Waals surface area contributed by atoms with Crippen molar-refractivity contribution < 1.29 is 18.9 Å². The van der Waals surface area contributed by atoms with Gasteiger partial charge < -0.3 is 19.0 Å². The van der Waals surface area contributed by atoms with Crippen molar-refractivity contribution in [1.82, 2.24) is 15.0 Å². The minimum absolute atomic E-state index is 0.177. The van der Waals surface area contributed by atoms with Crippen LogP contribution in [0, 0.1) is 10.1 Å². The minimum atomic E-state index is -0.533. The Kier molecular flexibility index (Phi) is 4.73. The highest BCUT2D eigenvalue weighted by Gasteiger charge is 2.32. The van der Waals surface area contributed by atoms with Gasteiger partial charge in [0.1, 0.15) is 6.33 Å². The first-order chi connectivity index (χ1) is 17.0. The van der Waals surface area contributed by atoms with E-state index in [-0.39, 0.29) is 34.7 Å². The van der Waals surface area contributed by atoms with Crippen LogP contribution >= 0.6 is 0 Å². The van der Waals surface area contributed by atoms with Crippen LogP contribution in [0.25, 0.3) is 21.9 Å². The molecule has 0 amide bonds. The minimum Gasteiger partial charge on any atom is -0.449 e. The molecule has 4 heterocycles. The zero-order chi connectivity index (χ0) is 24.1. The first kappa shape index (κ1) is 20.8. The van der Waals surface area contributed by atoms with Gasteiger partial charge in [-0.25, -0.2) is 4.98 Å². The number of rotatable bonds is 5. The number of benzene rings is 2. The van der Waals surface area contributed by atoms with E-state index in [9.17, 15) is 14.9 Å². The number of fused-ring (bicyclic) bond motifs is 4. The van der Waals surface area contributed by atoms with Gasteiger partial charge in [-0.15, -0.1) is 0 Å². The lowest BCUT2D eigenvalue weighted by molar-refractivity contribution is -0.385. The number of ketones is 1. The smallest absolute Gasteiger partial charge is 0.373 e. The van der Waals surface area contributed by atoms with E-state index in [0.717, 1.165) is 17.6 Å². The number of furan rings is 1. The number of nitrogens with zero attached hydrogens (tertiary/aromatic N) is 4. The number of aromatic nitrogens is 3. The van der Waals surface area contributed by atoms with Crippen LogP contribution in [0.2, 0.25) is 0 Å². The number of hydrogen-bond acceptors (Lipinski definition) is 8. The van der Waals surface area contributed by atoms with Gasteiger partial charge in [0.15, 0.2) is 22.9 Å². The van der Waals surface area contributed by atoms with Gasteiger partial charge in [-0.2, -0.15) is 4.98 Å². The zero-order valence-electron chi connectivity index (χ0n) is 18.6. The van der Waals surface area contributed by atoms with Gasteiger partial charge in [0.05, 0.1) is 11.5 Å². The van der Waals surface area contributed by atoms with Gasteiger partial charge in [0, 0.05) is 35.5 Å². The summed E-state index contributed by atoms with van der Waals surface area (Å²) in [4.78, 5) is 37.0. The van der Waals surface area contributed by atoms with Crippen LogP contribution < -0.4 is 9.64 Å². The number of carbonyl (C=O) groups is 1. The monoisotopic (exact) mass is 469 g/mol. The fourth-order valence-corrected chi connectivity index (χ4v) is 4.59. The molecule has 0 saturated carbocycles. The van der Waals surface area contributed by atoms with E-state index in [0.29, 0.717) is 24.1 Å². The van der Waals surface area contributed by atoms with Crippen molar-refractivity contribution in [3.05, 3.63) is 82.0 Å². The topological polar surface area (TPSA) is 127 Å². The lowest BCUT2D eigenvalue weighted by atomic mass is 10.0. The van der Waals surface area contributed by atoms with Crippen LogP contribution in [0.4, 0.5) is 11.5 Å². The molecule has 6 rings (SSSR count). The summed E-state index contributed by atoms with van der Waals surface area (Å²) in [6, 6.07) is 14.8. The van der Waals surface area contributed by atoms with Crippen LogP contribution in [-0.2, 0) is 13.0 Å². The Bertz CT molecular complexity index is 1640. The molecule has 3 aromatic heterocycles. The summed E-state index contributed by atoms with van der Waals surface area (Å²) in [6.45, 7) is 2.40. The standard InChI is InChI=1S/C25H19N5O5/c1-14(31)21-11-15-5-4-8-20(23(15)34-21)35-25-22(30(32)33)24(26-13-27-25)29-10-9-17-16-6-2-3-7-18(16)28-19(17)12-29/h2-8,11,13,28H,9-10,12H2,1H3. The van der Waals surface area contributed by atoms with E-state index in [1.807, 2.05) is 23.1 Å². The molecule has 0 spiro atoms. The maximum Gasteiger partial charge on any atom is 0.373 e. The number of aromatic amines is 1. The number of carbonyl (C=O) groups excluding carboxylic acids is 1. The second-order valence-corrected chi connectivity index (χ2v) is 8.35. The Hall–Kier alpha value is -4.73. The van der Waals surface area contributed by atoms with E-state index in [4.69, 9.17) is 9.15 Å². The average molecular weight is 469 g/mol. The first-order valence-corrected chi connectivity index (χ1v) is 11.0. The lowest BCUT2D eigenvalue weighted by Crippen LogP contribution is -2.31. The highest BCUT2D eigenvalue weighted by Crippen LogP contribution is 2.40. The third kappa shape index (κ3) is 3.46. The van der Waals surface area contributed by atoms with E-state index in [1.54, 1.807) is 24.3 Å². The molecule has 0 bridgehead atoms. The van der Waals surface area contributed by atoms with Crippen molar-refractivity contribution in [2.75, 3.05) is 11.4 Å². The molecule has 0 fully saturated rings. The molecule has 2 aromatic carbocycles. The maximum atomic E-state index is 12.2. The maximum absolute atomic E-state index is 12.2. The number of para-hydroxylation sites is 2. The second-order valence-electron chi connectivity index (χ2n) is 8.35. The van der Waals surface area contributed by atoms with Crippen LogP contribution in [-0.4, -0.2) is 32.2 Å². The number of ether oxygens (including phenoxy) is 1. The molecule has 0 atom stereocenters. The summed E-state index contributed by atoms with van der Waals surface area (Å²) >= 11 is 0. The molecule has 10 nitrogen and oxygen atoms in total. The van der Waals surface area contributed by atoms with Gasteiger partial charge in [-0.05, 0) is 30.2 Å². The largest absolute Gasteiger partial charge is 0.449 e. The van der Waals surface area contributed by atoms with Crippen molar-refractivity contribution in [1.29, 1.82) is 0 Å². The molecule has 0 radical (unpaired) electrons. The molecule has 0 aliphatic carbocycles. The number of anilines is 1. The zero-order valence-corrected chi connectivity index (χ0v) is 18.6. The Morgan fingerprint density at radius 1 is 1.20 bits per heavy atom. The molecule has 35 heavy (non-hydrogen) atoms. The molecule has 10 heteroatoms. The number of nitro groups is 1. The van der Waals surface area contributed by atoms with Gasteiger partial charge in [-0.3, -0.25) is 14.9 Å². The van der Waals surface area contributed by atoms with Crippen LogP contribution in [0.3, 0.4) is 0 Å². The molecular weight excluding hydrogens is 450 g/mol. The molecular formula is C25H19N5O5. The molecule has 1 N–H and O–H groups in total. The van der Waals surface area contributed by atoms with Crippen LogP contribution in [0.15, 0.2) is 59.3 Å². The Morgan fingerprint density at radius 3 is 2.89 bits per heavy atom. The molecule has 174 valence electrons. The predicted molar refractivity (Wildman–Crippen MR) is 128 cm³/mol. The highest BCUT2D eigenvalue weighted by atomic mass is 16.6. The number of Topliss-reactive ketones (excluding diaryl/α,β-unsaturated/α-hetero) is 1. The second kappa shape index (κ2) is 7.94. The Labute approximate surface area is 198 Å². The summed E-state index contributed by atoms with van der Waals surface area (Å²) in [6.07, 6.45) is 1.97. The van der Waals surface area contributed by atoms with E-state index < -0.39 is 4.92 Å². The molecule has 0 unspecified atom stereocenters. The summed E-state index contributed by atoms with van der Waals surface area (Å²) in [5, 5.41) is 14.0. The summed E-state index contributed by atoms with van der Waals surface area (Å²) in [7, 11) is 0. The van der Waals surface area contributed by atoms with Crippen LogP contribution in [0.1, 0.15) is 28.7 Å². The quantitative estimate of drug-likeness (QED) is 0.212. The van der Waals surface area contributed by atoms with E-state index >= 15 is 0 Å². The highest BCUT2D eigenvalue weighted by molar-refractivity contribution is 5.97. The normalized spacial score (nSPS) is 13.2. The first-order valence-electron chi connectivity index (χ1n) is 11.0. The molecule has 1 aliphatic heterocycles. The van der Waals surface area contributed by atoms with Crippen molar-refractivity contribution in [2.24, 2.45) is 0 Å². The lowest BCUT2D eigenvalue weighted by Gasteiger charge is -2.27. The van der Waals surface area contributed by atoms with E-state index in [2.05, 4.69) is 21.0 Å². The third-order valence-electron chi connectivity index (χ3n) is 6.20. The SMILES string of the molecule is CC(=O)c1cc2cccc(Oc3ncnc(N4CCc5c([nH]c6ccccc56)C4)c3[N+](=O)[O-])c2o1. The van der Waals surface area contributed by atoms with Crippen molar-refractivity contribution >= 4 is 39.2 Å². The van der Waals surface area contributed by atoms with Gasteiger partial charge >= 0.3 is 11.6 Å². The Morgan fingerprint density at radius 2 is 2.06 bits per heavy atom. The molecule has 0 saturated heterocycles. The summed E-state index contributed by atoms with van der Waals surface area (Å²) < 4.78 is 11.5. The summed E-state index contributed by atoms with van der Waals surface area (Å²) in [5.41, 5.74) is 3.24.